The molecule has 158 valence electrons. The zero-order chi connectivity index (χ0) is 21.1. The predicted octanol–water partition coefficient (Wildman–Crippen LogP) is 2.72. The van der Waals surface area contributed by atoms with Crippen molar-refractivity contribution in [2.45, 2.75) is 16.2 Å². The van der Waals surface area contributed by atoms with Gasteiger partial charge in [0.15, 0.2) is 0 Å². The van der Waals surface area contributed by atoms with E-state index in [1.807, 2.05) is 0 Å². The molecule has 1 N–H and O–H groups in total. The summed E-state index contributed by atoms with van der Waals surface area (Å²) < 4.78 is 40.4. The molecule has 0 unspecified atom stereocenters. The number of hydrogen-bond donors (Lipinski definition) is 1. The number of H-pyrrole nitrogens is 1. The van der Waals surface area contributed by atoms with E-state index in [2.05, 4.69) is 9.97 Å². The van der Waals surface area contributed by atoms with Gasteiger partial charge in [-0.3, -0.25) is 4.79 Å². The van der Waals surface area contributed by atoms with E-state index in [4.69, 9.17) is 0 Å². The molecule has 1 amide bonds. The largest absolute Gasteiger partial charge is 0.345 e. The number of hydrogen-bond acceptors (Lipinski definition) is 5. The first-order valence-corrected chi connectivity index (χ1v) is 12.0. The number of benzene rings is 1. The van der Waals surface area contributed by atoms with Gasteiger partial charge in [0.1, 0.15) is 16.4 Å². The van der Waals surface area contributed by atoms with Gasteiger partial charge in [0.05, 0.1) is 0 Å². The summed E-state index contributed by atoms with van der Waals surface area (Å²) in [5.41, 5.74) is 0.531. The fourth-order valence-electron chi connectivity index (χ4n) is 3.41. The number of rotatable bonds is 6. The third-order valence-corrected chi connectivity index (χ3v) is 7.97. The highest BCUT2D eigenvalue weighted by Gasteiger charge is 2.31. The highest BCUT2D eigenvalue weighted by molar-refractivity contribution is 7.99. The molecule has 3 heterocycles. The first-order valence-electron chi connectivity index (χ1n) is 9.53. The lowest BCUT2D eigenvalue weighted by atomic mass is 10.3. The summed E-state index contributed by atoms with van der Waals surface area (Å²) in [5.74, 6) is 0.302. The molecule has 1 aliphatic heterocycles. The number of thioether (sulfide) groups is 1. The number of nitrogens with one attached hydrogen (secondary N) is 1. The van der Waals surface area contributed by atoms with Crippen LogP contribution >= 0.6 is 11.8 Å². The first kappa shape index (κ1) is 20.8. The van der Waals surface area contributed by atoms with Crippen molar-refractivity contribution in [2.75, 3.05) is 31.9 Å². The van der Waals surface area contributed by atoms with Gasteiger partial charge >= 0.3 is 0 Å². The summed E-state index contributed by atoms with van der Waals surface area (Å²) in [6.45, 7) is 1.23. The molecule has 7 nitrogen and oxygen atoms in total. The Morgan fingerprint density at radius 3 is 2.60 bits per heavy atom. The van der Waals surface area contributed by atoms with Crippen LogP contribution in [0.4, 0.5) is 4.39 Å². The number of aromatic nitrogens is 2. The van der Waals surface area contributed by atoms with E-state index >= 15 is 0 Å². The molecule has 0 aliphatic carbocycles. The quantitative estimate of drug-likeness (QED) is 0.586. The van der Waals surface area contributed by atoms with Gasteiger partial charge in [-0.15, -0.1) is 11.8 Å². The average molecular weight is 449 g/mol. The smallest absolute Gasteiger partial charge is 0.245 e. The van der Waals surface area contributed by atoms with Crippen LogP contribution < -0.4 is 0 Å². The van der Waals surface area contributed by atoms with Crippen LogP contribution in [0.2, 0.25) is 0 Å². The molecule has 1 aromatic carbocycles. The molecule has 4 rings (SSSR count). The maximum absolute atomic E-state index is 13.0. The second kappa shape index (κ2) is 8.75. The molecule has 0 bridgehead atoms. The molecule has 1 aliphatic rings. The molecular formula is C20H21FN4O3S2. The Hall–Kier alpha value is -2.43. The minimum absolute atomic E-state index is 0.00189. The summed E-state index contributed by atoms with van der Waals surface area (Å²) in [6.07, 6.45) is 3.42. The summed E-state index contributed by atoms with van der Waals surface area (Å²) in [4.78, 5) is 22.3. The summed E-state index contributed by atoms with van der Waals surface area (Å²) in [7, 11) is -3.66. The Balaban J connectivity index is 1.31. The van der Waals surface area contributed by atoms with Crippen LogP contribution in [0.15, 0.2) is 58.6 Å². The molecular weight excluding hydrogens is 427 g/mol. The minimum Gasteiger partial charge on any atom is -0.345 e. The maximum Gasteiger partial charge on any atom is 0.245 e. The van der Waals surface area contributed by atoms with Crippen molar-refractivity contribution in [3.05, 3.63) is 54.6 Å². The van der Waals surface area contributed by atoms with Crippen molar-refractivity contribution in [1.82, 2.24) is 19.2 Å². The van der Waals surface area contributed by atoms with E-state index in [1.54, 1.807) is 35.4 Å². The molecule has 3 aromatic rings. The number of carbonyl (C=O) groups is 1. The predicted molar refractivity (Wildman–Crippen MR) is 113 cm³/mol. The Labute approximate surface area is 178 Å². The number of piperazine rings is 1. The van der Waals surface area contributed by atoms with Crippen LogP contribution in [0.1, 0.15) is 6.42 Å². The summed E-state index contributed by atoms with van der Waals surface area (Å²) >= 11 is 1.50. The van der Waals surface area contributed by atoms with Crippen LogP contribution in [-0.2, 0) is 14.8 Å². The van der Waals surface area contributed by atoms with E-state index in [-0.39, 0.29) is 29.7 Å². The Bertz CT molecular complexity index is 1140. The maximum atomic E-state index is 13.0. The fraction of sp³-hybridized carbons (Fsp3) is 0.300. The molecule has 0 atom stereocenters. The van der Waals surface area contributed by atoms with Crippen LogP contribution in [0, 0.1) is 5.82 Å². The Morgan fingerprint density at radius 2 is 1.87 bits per heavy atom. The van der Waals surface area contributed by atoms with Crippen LogP contribution in [-0.4, -0.2) is 65.4 Å². The Kier molecular flexibility index (Phi) is 6.07. The molecule has 1 fully saturated rings. The van der Waals surface area contributed by atoms with Gasteiger partial charge in [-0.2, -0.15) is 4.31 Å². The van der Waals surface area contributed by atoms with E-state index < -0.39 is 10.0 Å². The van der Waals surface area contributed by atoms with Gasteiger partial charge in [0.2, 0.25) is 15.9 Å². The number of halogens is 1. The molecule has 10 heteroatoms. The molecule has 0 spiro atoms. The third kappa shape index (κ3) is 4.35. The standard InChI is InChI=1S/C20H21FN4O3S2/c21-15-3-5-16(6-4-15)29-13-7-19(26)24-9-11-25(12-10-24)30(27,28)18-14-23-20-17(18)2-1-8-22-20/h1-6,8,14H,7,9-13H2,(H,22,23). The van der Waals surface area contributed by atoms with Gasteiger partial charge in [-0.25, -0.2) is 17.8 Å². The van der Waals surface area contributed by atoms with Crippen molar-refractivity contribution in [3.63, 3.8) is 0 Å². The lowest BCUT2D eigenvalue weighted by molar-refractivity contribution is -0.131. The number of nitrogens with zero attached hydrogens (tertiary/aromatic N) is 3. The minimum atomic E-state index is -3.66. The molecule has 1 saturated heterocycles. The lowest BCUT2D eigenvalue weighted by Gasteiger charge is -2.34. The van der Waals surface area contributed by atoms with Gasteiger partial charge in [0, 0.05) is 61.0 Å². The monoisotopic (exact) mass is 448 g/mol. The van der Waals surface area contributed by atoms with Crippen molar-refractivity contribution < 1.29 is 17.6 Å². The van der Waals surface area contributed by atoms with E-state index in [9.17, 15) is 17.6 Å². The highest BCUT2D eigenvalue weighted by Crippen LogP contribution is 2.25. The normalized spacial score (nSPS) is 15.6. The van der Waals surface area contributed by atoms with Crippen LogP contribution in [0.5, 0.6) is 0 Å². The van der Waals surface area contributed by atoms with Crippen LogP contribution in [0.3, 0.4) is 0 Å². The SMILES string of the molecule is O=C(CCSc1ccc(F)cc1)N1CCN(S(=O)(=O)c2c[nH]c3ncccc23)CC1. The number of pyridine rings is 1. The zero-order valence-electron chi connectivity index (χ0n) is 16.1. The first-order chi connectivity index (χ1) is 14.4. The zero-order valence-corrected chi connectivity index (χ0v) is 17.8. The average Bonchev–Trinajstić information content (AvgIpc) is 3.20. The number of fused-ring (bicyclic) bond motifs is 1. The lowest BCUT2D eigenvalue weighted by Crippen LogP contribution is -2.50. The molecule has 2 aromatic heterocycles. The molecule has 0 saturated carbocycles. The highest BCUT2D eigenvalue weighted by atomic mass is 32.2. The van der Waals surface area contributed by atoms with Gasteiger partial charge in [-0.1, -0.05) is 0 Å². The van der Waals surface area contributed by atoms with E-state index in [0.29, 0.717) is 36.3 Å². The van der Waals surface area contributed by atoms with Crippen molar-refractivity contribution >= 4 is 38.7 Å². The topological polar surface area (TPSA) is 86.4 Å². The number of carbonyl (C=O) groups excluding carboxylic acids is 1. The van der Waals surface area contributed by atoms with Crippen LogP contribution in [0.25, 0.3) is 11.0 Å². The van der Waals surface area contributed by atoms with Gasteiger partial charge in [0.25, 0.3) is 0 Å². The number of amides is 1. The van der Waals surface area contributed by atoms with Crippen molar-refractivity contribution in [3.8, 4) is 0 Å². The second-order valence-corrected chi connectivity index (χ2v) is 9.96. The van der Waals surface area contributed by atoms with Gasteiger partial charge in [-0.05, 0) is 36.4 Å². The van der Waals surface area contributed by atoms with Gasteiger partial charge < -0.3 is 9.88 Å². The third-order valence-electron chi connectivity index (χ3n) is 5.02. The van der Waals surface area contributed by atoms with E-state index in [1.165, 1.54) is 34.4 Å². The fourth-order valence-corrected chi connectivity index (χ4v) is 5.82. The second-order valence-electron chi connectivity index (χ2n) is 6.89. The molecule has 0 radical (unpaired) electrons. The summed E-state index contributed by atoms with van der Waals surface area (Å²) in [6, 6.07) is 9.60. The molecule has 30 heavy (non-hydrogen) atoms. The van der Waals surface area contributed by atoms with E-state index in [0.717, 1.165) is 4.90 Å². The summed E-state index contributed by atoms with van der Waals surface area (Å²) in [5, 5.41) is 0.564. The van der Waals surface area contributed by atoms with Crippen molar-refractivity contribution in [2.24, 2.45) is 0 Å². The number of aromatic amines is 1. The number of sulfonamides is 1. The van der Waals surface area contributed by atoms with Crippen molar-refractivity contribution in [1.29, 1.82) is 0 Å². The Morgan fingerprint density at radius 1 is 1.13 bits per heavy atom.